The number of benzene rings is 3. The standard InChI is InChI=1S/C24H17F2N3O/c25-17-10-6-11-18(26)22(17)27-23(30)24(16-8-2-1-3-9-16)21-14-7-15-29(21)20-13-5-4-12-19(20)28-24/h1-15,28H,(H,27,30)/t24-/m1/s1. The molecule has 4 aromatic rings. The first-order valence-electron chi connectivity index (χ1n) is 9.47. The van der Waals surface area contributed by atoms with Gasteiger partial charge in [0, 0.05) is 6.20 Å². The lowest BCUT2D eigenvalue weighted by molar-refractivity contribution is -0.119. The minimum absolute atomic E-state index is 0.475. The van der Waals surface area contributed by atoms with Crippen molar-refractivity contribution in [2.75, 3.05) is 10.6 Å². The molecule has 1 aromatic heterocycles. The molecule has 2 N–H and O–H groups in total. The number of rotatable bonds is 3. The molecule has 1 atom stereocenters. The molecule has 0 unspecified atom stereocenters. The first-order chi connectivity index (χ1) is 14.6. The van der Waals surface area contributed by atoms with E-state index in [1.807, 2.05) is 77.5 Å². The molecule has 5 rings (SSSR count). The summed E-state index contributed by atoms with van der Waals surface area (Å²) in [6.07, 6.45) is 1.86. The van der Waals surface area contributed by atoms with Gasteiger partial charge in [-0.05, 0) is 42.0 Å². The average molecular weight is 401 g/mol. The van der Waals surface area contributed by atoms with E-state index in [0.29, 0.717) is 11.3 Å². The molecule has 3 aromatic carbocycles. The van der Waals surface area contributed by atoms with E-state index in [-0.39, 0.29) is 0 Å². The summed E-state index contributed by atoms with van der Waals surface area (Å²) in [6.45, 7) is 0. The lowest BCUT2D eigenvalue weighted by Gasteiger charge is -2.40. The molecule has 2 heterocycles. The van der Waals surface area contributed by atoms with Crippen LogP contribution >= 0.6 is 0 Å². The van der Waals surface area contributed by atoms with Crippen molar-refractivity contribution in [1.29, 1.82) is 0 Å². The van der Waals surface area contributed by atoms with E-state index < -0.39 is 28.8 Å². The molecule has 148 valence electrons. The molecule has 0 fully saturated rings. The van der Waals surface area contributed by atoms with Crippen LogP contribution < -0.4 is 10.6 Å². The van der Waals surface area contributed by atoms with E-state index in [4.69, 9.17) is 0 Å². The van der Waals surface area contributed by atoms with E-state index >= 15 is 0 Å². The van der Waals surface area contributed by atoms with E-state index in [2.05, 4.69) is 10.6 Å². The van der Waals surface area contributed by atoms with Crippen molar-refractivity contribution in [3.63, 3.8) is 0 Å². The molecule has 4 nitrogen and oxygen atoms in total. The Balaban J connectivity index is 1.72. The number of amides is 1. The Morgan fingerprint density at radius 3 is 2.30 bits per heavy atom. The maximum atomic E-state index is 14.3. The maximum absolute atomic E-state index is 14.3. The third kappa shape index (κ3) is 2.61. The van der Waals surface area contributed by atoms with E-state index in [1.165, 1.54) is 6.07 Å². The highest BCUT2D eigenvalue weighted by atomic mass is 19.1. The highest BCUT2D eigenvalue weighted by Crippen LogP contribution is 2.42. The summed E-state index contributed by atoms with van der Waals surface area (Å²) in [5.41, 5.74) is 1.03. The molecule has 0 bridgehead atoms. The molecule has 0 saturated carbocycles. The van der Waals surface area contributed by atoms with Gasteiger partial charge in [-0.25, -0.2) is 8.78 Å². The van der Waals surface area contributed by atoms with Gasteiger partial charge in [0.25, 0.3) is 5.91 Å². The van der Waals surface area contributed by atoms with Gasteiger partial charge in [-0.15, -0.1) is 0 Å². The number of para-hydroxylation sites is 3. The van der Waals surface area contributed by atoms with Crippen molar-refractivity contribution in [2.45, 2.75) is 5.54 Å². The second-order valence-corrected chi connectivity index (χ2v) is 7.07. The maximum Gasteiger partial charge on any atom is 0.261 e. The van der Waals surface area contributed by atoms with Crippen molar-refractivity contribution in [1.82, 2.24) is 4.57 Å². The number of carbonyl (C=O) groups excluding carboxylic acids is 1. The van der Waals surface area contributed by atoms with Gasteiger partial charge in [-0.1, -0.05) is 48.5 Å². The summed E-state index contributed by atoms with van der Waals surface area (Å²) in [6, 6.07) is 23.9. The molecule has 1 aliphatic rings. The zero-order chi connectivity index (χ0) is 20.7. The van der Waals surface area contributed by atoms with Crippen LogP contribution in [0.25, 0.3) is 5.69 Å². The molecule has 30 heavy (non-hydrogen) atoms. The van der Waals surface area contributed by atoms with Gasteiger partial charge in [-0.3, -0.25) is 4.79 Å². The van der Waals surface area contributed by atoms with Crippen molar-refractivity contribution >= 4 is 17.3 Å². The quantitative estimate of drug-likeness (QED) is 0.504. The Kier molecular flexibility index (Phi) is 4.13. The number of nitrogens with zero attached hydrogens (tertiary/aromatic N) is 1. The lowest BCUT2D eigenvalue weighted by atomic mass is 9.83. The zero-order valence-corrected chi connectivity index (χ0v) is 15.8. The molecule has 1 aliphatic heterocycles. The molecular formula is C24H17F2N3O. The molecule has 1 amide bonds. The SMILES string of the molecule is O=C(Nc1c(F)cccc1F)[C@]1(c2ccccc2)Nc2ccccc2-n2cccc21. The van der Waals surface area contributed by atoms with Crippen LogP contribution in [0.3, 0.4) is 0 Å². The van der Waals surface area contributed by atoms with Gasteiger partial charge in [-0.2, -0.15) is 0 Å². The summed E-state index contributed by atoms with van der Waals surface area (Å²) < 4.78 is 30.5. The van der Waals surface area contributed by atoms with Crippen molar-refractivity contribution in [3.05, 3.63) is 114 Å². The Labute approximate surface area is 171 Å². The van der Waals surface area contributed by atoms with Crippen LogP contribution in [0.4, 0.5) is 20.2 Å². The molecule has 0 radical (unpaired) electrons. The predicted octanol–water partition coefficient (Wildman–Crippen LogP) is 5.06. The first-order valence-corrected chi connectivity index (χ1v) is 9.47. The van der Waals surface area contributed by atoms with E-state index in [1.54, 1.807) is 0 Å². The summed E-state index contributed by atoms with van der Waals surface area (Å²) in [5, 5.41) is 5.83. The van der Waals surface area contributed by atoms with Crippen molar-refractivity contribution in [3.8, 4) is 5.69 Å². The zero-order valence-electron chi connectivity index (χ0n) is 15.8. The summed E-state index contributed by atoms with van der Waals surface area (Å²) in [7, 11) is 0. The van der Waals surface area contributed by atoms with Crippen LogP contribution in [0.2, 0.25) is 0 Å². The predicted molar refractivity (Wildman–Crippen MR) is 112 cm³/mol. The van der Waals surface area contributed by atoms with Crippen LogP contribution in [0.1, 0.15) is 11.3 Å². The highest BCUT2D eigenvalue weighted by Gasteiger charge is 2.47. The number of anilines is 2. The Hall–Kier alpha value is -3.93. The third-order valence-corrected chi connectivity index (χ3v) is 5.37. The highest BCUT2D eigenvalue weighted by molar-refractivity contribution is 6.04. The largest absolute Gasteiger partial charge is 0.361 e. The van der Waals surface area contributed by atoms with E-state index in [0.717, 1.165) is 23.5 Å². The van der Waals surface area contributed by atoms with Crippen molar-refractivity contribution in [2.24, 2.45) is 0 Å². The number of hydrogen-bond donors (Lipinski definition) is 2. The van der Waals surface area contributed by atoms with Gasteiger partial charge in [0.1, 0.15) is 17.3 Å². The van der Waals surface area contributed by atoms with Crippen LogP contribution in [0.5, 0.6) is 0 Å². The topological polar surface area (TPSA) is 46.1 Å². The number of nitrogens with one attached hydrogen (secondary N) is 2. The third-order valence-electron chi connectivity index (χ3n) is 5.37. The van der Waals surface area contributed by atoms with Gasteiger partial charge in [0.15, 0.2) is 5.54 Å². The fourth-order valence-corrected chi connectivity index (χ4v) is 3.99. The van der Waals surface area contributed by atoms with Gasteiger partial charge >= 0.3 is 0 Å². The minimum atomic E-state index is -1.40. The summed E-state index contributed by atoms with van der Waals surface area (Å²) in [4.78, 5) is 13.7. The second kappa shape index (κ2) is 6.84. The van der Waals surface area contributed by atoms with Gasteiger partial charge in [0.2, 0.25) is 0 Å². The first kappa shape index (κ1) is 18.1. The van der Waals surface area contributed by atoms with Gasteiger partial charge < -0.3 is 15.2 Å². The van der Waals surface area contributed by atoms with Crippen LogP contribution in [-0.2, 0) is 10.3 Å². The Bertz CT molecular complexity index is 1230. The normalized spacial score (nSPS) is 16.9. The molecule has 0 spiro atoms. The molecular weight excluding hydrogens is 384 g/mol. The smallest absolute Gasteiger partial charge is 0.261 e. The van der Waals surface area contributed by atoms with Crippen LogP contribution in [-0.4, -0.2) is 10.5 Å². The number of aromatic nitrogens is 1. The average Bonchev–Trinajstić information content (AvgIpc) is 3.27. The summed E-state index contributed by atoms with van der Waals surface area (Å²) in [5.74, 6) is -2.26. The fraction of sp³-hybridized carbons (Fsp3) is 0.0417. The van der Waals surface area contributed by atoms with Gasteiger partial charge in [0.05, 0.1) is 17.1 Å². The van der Waals surface area contributed by atoms with Crippen LogP contribution in [0.15, 0.2) is 91.1 Å². The fourth-order valence-electron chi connectivity index (χ4n) is 3.99. The summed E-state index contributed by atoms with van der Waals surface area (Å²) >= 11 is 0. The minimum Gasteiger partial charge on any atom is -0.361 e. The number of hydrogen-bond acceptors (Lipinski definition) is 2. The molecule has 0 saturated heterocycles. The second-order valence-electron chi connectivity index (χ2n) is 7.07. The molecule has 6 heteroatoms. The van der Waals surface area contributed by atoms with Crippen molar-refractivity contribution < 1.29 is 13.6 Å². The molecule has 0 aliphatic carbocycles. The number of halogens is 2. The Morgan fingerprint density at radius 2 is 1.53 bits per heavy atom. The van der Waals surface area contributed by atoms with E-state index in [9.17, 15) is 13.6 Å². The lowest BCUT2D eigenvalue weighted by Crippen LogP contribution is -2.51. The number of carbonyl (C=O) groups is 1. The monoisotopic (exact) mass is 401 g/mol. The number of fused-ring (bicyclic) bond motifs is 3. The Morgan fingerprint density at radius 1 is 0.833 bits per heavy atom. The van der Waals surface area contributed by atoms with Crippen LogP contribution in [0, 0.1) is 11.6 Å².